The van der Waals surface area contributed by atoms with Gasteiger partial charge in [-0.2, -0.15) is 0 Å². The van der Waals surface area contributed by atoms with Gasteiger partial charge in [0, 0.05) is 137 Å². The summed E-state index contributed by atoms with van der Waals surface area (Å²) in [5.41, 5.74) is 35.9. The second kappa shape index (κ2) is 39.9. The Kier molecular flexibility index (Phi) is 29.1. The number of amides is 8. The maximum absolute atomic E-state index is 15.5. The fraction of sp³-hybridized carbons (Fsp3) is 0.342. The molecule has 5 aromatic heterocycles. The largest absolute Gasteiger partial charge is 0.480 e. The second-order valence-electron chi connectivity index (χ2n) is 28.0. The molecular weight excluding hydrogens is 1450 g/mol. The van der Waals surface area contributed by atoms with E-state index in [2.05, 4.69) is 83.4 Å². The fourth-order valence-electron chi connectivity index (χ4n) is 13.9. The van der Waals surface area contributed by atoms with Gasteiger partial charge in [0.1, 0.15) is 48.3 Å². The topological polar surface area (TPSA) is 587 Å². The Morgan fingerprint density at radius 3 is 0.823 bits per heavy atom. The predicted molar refractivity (Wildman–Crippen MR) is 431 cm³/mol. The van der Waals surface area contributed by atoms with Crippen molar-refractivity contribution in [3.05, 3.63) is 180 Å². The van der Waals surface area contributed by atoms with Crippen molar-refractivity contribution in [3.8, 4) is 0 Å². The summed E-state index contributed by atoms with van der Waals surface area (Å²) in [6.07, 6.45) is 8.80. The zero-order valence-corrected chi connectivity index (χ0v) is 62.4. The lowest BCUT2D eigenvalue weighted by Crippen LogP contribution is -2.61. The molecule has 0 aliphatic heterocycles. The molecule has 0 unspecified atom stereocenters. The molecule has 9 atom stereocenters. The normalized spacial score (nSPS) is 13.8. The maximum Gasteiger partial charge on any atom is 0.326 e. The van der Waals surface area contributed by atoms with Gasteiger partial charge in [0.25, 0.3) is 0 Å². The standard InChI is InChI=1S/C79H100N24O10/c80-30-12-11-27-60(70(106)101-66(37-47-42-94-58-25-9-4-19-52(47)58)75(111)103-67(76(112)113)38-48-43-95-59-26-10-5-20-53(48)59)96-69(105)61(28-14-32-89-78(84)85)97-72(108)64(35-45-40-92-56-23-7-2-17-50(45)56)100-71(107)62(29-15-33-90-79(86)87)98-73(109)65(36-46-41-93-57-24-8-3-18-51(46)57)102-74(110)63(34-44-39-91-55-22-6-1-16-49(44)55)99-68(104)54(81)21-13-31-88-77(82)83/h1-10,16-20,22-26,39-43,54,60-67,91-95H,11-15,21,27-38,80-81H2,(H,96,105)(H,97,108)(H,98,109)(H,99,104)(H,100,107)(H,101,106)(H,102,110)(H,103,111)(H,112,113)(H4,82,83,88)(H4,84,85,89)(H4,86,87,90)/t54-,60-,61-,62-,63-,64-,65-,66-,67-/m0/s1. The molecule has 0 fully saturated rings. The molecule has 113 heavy (non-hydrogen) atoms. The average molecular weight is 1550 g/mol. The average Bonchev–Trinajstić information content (AvgIpc) is 1.71. The molecule has 0 bridgehead atoms. The molecule has 34 nitrogen and oxygen atoms in total. The highest BCUT2D eigenvalue weighted by Crippen LogP contribution is 2.26. The van der Waals surface area contributed by atoms with Crippen molar-refractivity contribution in [2.24, 2.45) is 28.7 Å². The SMILES string of the molecule is N=C(N)NCCC[C@H](NC(=O)[C@H](Cc1c[nH]c2ccccc12)NC(=O)[C@H](CCCNC(=N)N)NC(=O)[C@H](Cc1c[nH]c2ccccc12)NC(=O)[C@H](Cc1c[nH]c2ccccc12)NC(=O)[C@@H](N)CCCNC(=N)N)C(=O)N[C@@H](CCCCN)C(=O)N[C@@H](Cc1c[nH]c2ccccc12)C(=O)N[C@@H](Cc1c[nH]c2ccccc12)C(=O)O. The molecule has 0 radical (unpaired) electrons. The van der Waals surface area contributed by atoms with Crippen LogP contribution in [0.3, 0.4) is 0 Å². The fourth-order valence-corrected chi connectivity index (χ4v) is 13.9. The highest BCUT2D eigenvalue weighted by molar-refractivity contribution is 6.00. The second-order valence-corrected chi connectivity index (χ2v) is 28.0. The number of guanidine groups is 3. The summed E-state index contributed by atoms with van der Waals surface area (Å²) >= 11 is 0. The Morgan fingerprint density at radius 2 is 0.549 bits per heavy atom. The van der Waals surface area contributed by atoms with Gasteiger partial charge in [-0.05, 0) is 122 Å². The lowest BCUT2D eigenvalue weighted by Gasteiger charge is -2.28. The van der Waals surface area contributed by atoms with E-state index in [4.69, 9.17) is 44.9 Å². The first kappa shape index (κ1) is 82.3. The number of para-hydroxylation sites is 5. The number of aromatic nitrogens is 5. The Hall–Kier alpha value is -13.2. The van der Waals surface area contributed by atoms with Crippen molar-refractivity contribution in [1.82, 2.24) is 83.4 Å². The molecule has 5 aromatic carbocycles. The number of unbranched alkanes of at least 4 members (excludes halogenated alkanes) is 1. The number of carbonyl (C=O) groups is 9. The van der Waals surface area contributed by atoms with Crippen molar-refractivity contribution in [3.63, 3.8) is 0 Å². The quantitative estimate of drug-likeness (QED) is 0.0147. The number of hydrogen-bond acceptors (Lipinski definition) is 14. The third kappa shape index (κ3) is 22.9. The van der Waals surface area contributed by atoms with Crippen LogP contribution in [0.15, 0.2) is 152 Å². The summed E-state index contributed by atoms with van der Waals surface area (Å²) in [5.74, 6) is -8.97. The number of carboxylic acids is 1. The smallest absolute Gasteiger partial charge is 0.326 e. The van der Waals surface area contributed by atoms with E-state index in [-0.39, 0.29) is 115 Å². The zero-order chi connectivity index (χ0) is 80.5. The zero-order valence-electron chi connectivity index (χ0n) is 62.4. The van der Waals surface area contributed by atoms with Gasteiger partial charge in [-0.3, -0.25) is 54.6 Å². The van der Waals surface area contributed by atoms with E-state index in [1.54, 1.807) is 43.1 Å². The number of nitrogens with two attached hydrogens (primary N) is 5. The molecule has 10 rings (SSSR count). The number of benzene rings is 5. The number of fused-ring (bicyclic) bond motifs is 5. The number of aromatic amines is 5. The van der Waals surface area contributed by atoms with Crippen molar-refractivity contribution in [1.29, 1.82) is 16.2 Å². The van der Waals surface area contributed by atoms with E-state index in [0.29, 0.717) is 63.4 Å². The number of nitrogens with one attached hydrogen (secondary N) is 19. The third-order valence-electron chi connectivity index (χ3n) is 19.8. The lowest BCUT2D eigenvalue weighted by atomic mass is 10.00. The van der Waals surface area contributed by atoms with Crippen LogP contribution in [0.2, 0.25) is 0 Å². The minimum absolute atomic E-state index is 0.0262. The predicted octanol–water partition coefficient (Wildman–Crippen LogP) is 1.82. The molecule has 0 aliphatic rings. The Morgan fingerprint density at radius 1 is 0.319 bits per heavy atom. The van der Waals surface area contributed by atoms with E-state index < -0.39 is 108 Å². The number of hydrogen-bond donors (Lipinski definition) is 25. The van der Waals surface area contributed by atoms with E-state index in [1.807, 2.05) is 109 Å². The molecule has 8 amide bonds. The summed E-state index contributed by atoms with van der Waals surface area (Å²) < 4.78 is 0. The van der Waals surface area contributed by atoms with Gasteiger partial charge in [0.2, 0.25) is 47.3 Å². The van der Waals surface area contributed by atoms with Crippen molar-refractivity contribution in [2.75, 3.05) is 26.2 Å². The van der Waals surface area contributed by atoms with Crippen LogP contribution in [0.25, 0.3) is 54.5 Å². The summed E-state index contributed by atoms with van der Waals surface area (Å²) in [5, 5.41) is 68.3. The van der Waals surface area contributed by atoms with Crippen LogP contribution in [-0.2, 0) is 75.3 Å². The number of carboxylic acid groups (broad SMARTS) is 1. The molecule has 30 N–H and O–H groups in total. The van der Waals surface area contributed by atoms with Crippen LogP contribution in [0.5, 0.6) is 0 Å². The van der Waals surface area contributed by atoms with Gasteiger partial charge >= 0.3 is 5.97 Å². The van der Waals surface area contributed by atoms with Crippen molar-refractivity contribution < 1.29 is 48.3 Å². The summed E-state index contributed by atoms with van der Waals surface area (Å²) in [4.78, 5) is 150. The molecule has 0 aliphatic carbocycles. The molecule has 0 saturated carbocycles. The van der Waals surface area contributed by atoms with Crippen LogP contribution in [-0.4, -0.2) is 182 Å². The Bertz CT molecular complexity index is 5020. The van der Waals surface area contributed by atoms with Gasteiger partial charge in [0.05, 0.1) is 6.04 Å². The van der Waals surface area contributed by atoms with Crippen LogP contribution < -0.4 is 87.2 Å². The molecule has 34 heteroatoms. The minimum Gasteiger partial charge on any atom is -0.480 e. The van der Waals surface area contributed by atoms with Gasteiger partial charge in [-0.1, -0.05) is 91.0 Å². The summed E-state index contributed by atoms with van der Waals surface area (Å²) in [6.45, 7) is 0.558. The van der Waals surface area contributed by atoms with Crippen molar-refractivity contribution in [2.45, 2.75) is 144 Å². The Balaban J connectivity index is 0.938. The summed E-state index contributed by atoms with van der Waals surface area (Å²) in [7, 11) is 0. The highest BCUT2D eigenvalue weighted by Gasteiger charge is 2.37. The van der Waals surface area contributed by atoms with Crippen LogP contribution in [0, 0.1) is 16.2 Å². The maximum atomic E-state index is 15.5. The lowest BCUT2D eigenvalue weighted by molar-refractivity contribution is -0.142. The van der Waals surface area contributed by atoms with Crippen LogP contribution in [0.1, 0.15) is 85.6 Å². The molecule has 0 spiro atoms. The van der Waals surface area contributed by atoms with E-state index in [0.717, 1.165) is 38.2 Å². The molecule has 0 saturated heterocycles. The number of rotatable bonds is 43. The highest BCUT2D eigenvalue weighted by atomic mass is 16.4. The van der Waals surface area contributed by atoms with Crippen LogP contribution in [0.4, 0.5) is 0 Å². The van der Waals surface area contributed by atoms with Gasteiger partial charge in [0.15, 0.2) is 17.9 Å². The first-order valence-corrected chi connectivity index (χ1v) is 37.6. The Labute approximate surface area is 649 Å². The molecular formula is C79H100N24O10. The number of carbonyl (C=O) groups excluding carboxylic acids is 8. The molecule has 5 heterocycles. The van der Waals surface area contributed by atoms with E-state index >= 15 is 28.8 Å². The van der Waals surface area contributed by atoms with Crippen molar-refractivity contribution >= 4 is 126 Å². The first-order valence-electron chi connectivity index (χ1n) is 37.6. The molecule has 10 aromatic rings. The third-order valence-corrected chi connectivity index (χ3v) is 19.8. The molecule has 596 valence electrons. The first-order chi connectivity index (χ1) is 54.5. The number of H-pyrrole nitrogens is 5. The number of aliphatic carboxylic acids is 1. The van der Waals surface area contributed by atoms with Gasteiger partial charge < -0.3 is 117 Å². The monoisotopic (exact) mass is 1540 g/mol. The van der Waals surface area contributed by atoms with E-state index in [1.165, 1.54) is 0 Å². The van der Waals surface area contributed by atoms with Crippen LogP contribution >= 0.6 is 0 Å². The summed E-state index contributed by atoms with van der Waals surface area (Å²) in [6, 6.07) is 23.7. The van der Waals surface area contributed by atoms with Gasteiger partial charge in [-0.25, -0.2) is 4.79 Å². The minimum atomic E-state index is -1.55. The van der Waals surface area contributed by atoms with E-state index in [9.17, 15) is 19.5 Å². The van der Waals surface area contributed by atoms with Gasteiger partial charge in [-0.15, -0.1) is 0 Å².